The molecule has 3 N–H and O–H groups in total. The lowest BCUT2D eigenvalue weighted by atomic mass is 10.3. The Hall–Kier alpha value is -1.37. The summed E-state index contributed by atoms with van der Waals surface area (Å²) in [5, 5.41) is 6.01. The van der Waals surface area contributed by atoms with Crippen LogP contribution in [0.5, 0.6) is 0 Å². The van der Waals surface area contributed by atoms with Gasteiger partial charge >= 0.3 is 0 Å². The first kappa shape index (κ1) is 14.0. The van der Waals surface area contributed by atoms with Gasteiger partial charge in [0.2, 0.25) is 0 Å². The van der Waals surface area contributed by atoms with Crippen LogP contribution in [-0.2, 0) is 9.59 Å². The lowest BCUT2D eigenvalue weighted by Gasteiger charge is -2.22. The topological polar surface area (TPSA) is 75.5 Å². The van der Waals surface area contributed by atoms with Gasteiger partial charge in [0.25, 0.3) is 11.8 Å². The number of carbonyl (C=O) groups excluding carboxylic acids is 2. The zero-order chi connectivity index (χ0) is 13.8. The summed E-state index contributed by atoms with van der Waals surface area (Å²) in [6.45, 7) is 1.81. The molecule has 0 radical (unpaired) electrons. The molecule has 1 fully saturated rings. The molecule has 1 atom stereocenters. The van der Waals surface area contributed by atoms with Crippen molar-refractivity contribution in [3.8, 4) is 0 Å². The van der Waals surface area contributed by atoms with Gasteiger partial charge in [-0.05, 0) is 6.07 Å². The normalized spacial score (nSPS) is 18.8. The molecule has 2 heterocycles. The van der Waals surface area contributed by atoms with Gasteiger partial charge in [-0.1, -0.05) is 23.2 Å². The van der Waals surface area contributed by atoms with Gasteiger partial charge in [-0.2, -0.15) is 0 Å². The van der Waals surface area contributed by atoms with E-state index >= 15 is 0 Å². The average molecular weight is 304 g/mol. The number of hydrogen-bond acceptors (Lipinski definition) is 3. The maximum absolute atomic E-state index is 11.8. The number of aromatic nitrogens is 1. The molecular weight excluding hydrogens is 291 g/mol. The fraction of sp³-hybridized carbons (Fsp3) is 0.364. The maximum Gasteiger partial charge on any atom is 0.280 e. The summed E-state index contributed by atoms with van der Waals surface area (Å²) in [4.78, 5) is 27.9. The molecule has 0 spiro atoms. The molecule has 1 aromatic rings. The maximum atomic E-state index is 11.8. The van der Waals surface area contributed by atoms with E-state index in [-0.39, 0.29) is 29.2 Å². The first-order valence-corrected chi connectivity index (χ1v) is 6.51. The summed E-state index contributed by atoms with van der Waals surface area (Å²) in [7, 11) is 0. The molecule has 0 saturated carbocycles. The van der Waals surface area contributed by atoms with E-state index in [2.05, 4.69) is 15.6 Å². The number of rotatable bonds is 3. The van der Waals surface area contributed by atoms with Crippen LogP contribution in [0, 0.1) is 0 Å². The molecule has 1 aromatic heterocycles. The van der Waals surface area contributed by atoms with Crippen molar-refractivity contribution < 1.29 is 14.5 Å². The van der Waals surface area contributed by atoms with Crippen molar-refractivity contribution in [1.82, 2.24) is 10.3 Å². The first-order valence-electron chi connectivity index (χ1n) is 5.76. The SMILES string of the molecule is O=C1C[NH+](CC(=O)Nc2ncc(Cl)cc2Cl)CCN1. The van der Waals surface area contributed by atoms with Gasteiger partial charge < -0.3 is 15.5 Å². The summed E-state index contributed by atoms with van der Waals surface area (Å²) in [5.41, 5.74) is 0. The first-order chi connectivity index (χ1) is 9.04. The smallest absolute Gasteiger partial charge is 0.280 e. The zero-order valence-electron chi connectivity index (χ0n) is 10.0. The Morgan fingerprint density at radius 2 is 2.32 bits per heavy atom. The van der Waals surface area contributed by atoms with Crippen molar-refractivity contribution in [2.24, 2.45) is 0 Å². The molecule has 2 rings (SSSR count). The quantitative estimate of drug-likeness (QED) is 0.694. The van der Waals surface area contributed by atoms with Crippen LogP contribution >= 0.6 is 23.2 Å². The third-order valence-corrected chi connectivity index (χ3v) is 3.18. The predicted molar refractivity (Wildman–Crippen MR) is 71.5 cm³/mol. The van der Waals surface area contributed by atoms with Crippen LogP contribution in [-0.4, -0.2) is 43.0 Å². The molecule has 1 unspecified atom stereocenters. The van der Waals surface area contributed by atoms with Crippen molar-refractivity contribution in [1.29, 1.82) is 0 Å². The second-order valence-corrected chi connectivity index (χ2v) is 5.08. The van der Waals surface area contributed by atoms with E-state index in [0.29, 0.717) is 18.1 Å². The minimum atomic E-state index is -0.235. The number of pyridine rings is 1. The molecule has 0 aromatic carbocycles. The lowest BCUT2D eigenvalue weighted by Crippen LogP contribution is -3.16. The second kappa shape index (κ2) is 6.18. The molecule has 1 saturated heterocycles. The van der Waals surface area contributed by atoms with Crippen molar-refractivity contribution in [3.05, 3.63) is 22.3 Å². The van der Waals surface area contributed by atoms with Crippen molar-refractivity contribution in [3.63, 3.8) is 0 Å². The third kappa shape index (κ3) is 4.05. The number of halogens is 2. The number of piperazine rings is 1. The number of nitrogens with one attached hydrogen (secondary N) is 3. The summed E-state index contributed by atoms with van der Waals surface area (Å²) < 4.78 is 0. The van der Waals surface area contributed by atoms with Crippen molar-refractivity contribution >= 4 is 40.8 Å². The van der Waals surface area contributed by atoms with Gasteiger partial charge in [0.05, 0.1) is 23.1 Å². The molecular formula is C11H13Cl2N4O2+. The Bertz CT molecular complexity index is 509. The van der Waals surface area contributed by atoms with Gasteiger partial charge in [-0.3, -0.25) is 9.59 Å². The molecule has 0 aliphatic carbocycles. The van der Waals surface area contributed by atoms with Gasteiger partial charge in [0.15, 0.2) is 18.9 Å². The van der Waals surface area contributed by atoms with E-state index in [4.69, 9.17) is 23.2 Å². The Morgan fingerprint density at radius 1 is 1.53 bits per heavy atom. The molecule has 8 heteroatoms. The van der Waals surface area contributed by atoms with Crippen LogP contribution in [0.25, 0.3) is 0 Å². The highest BCUT2D eigenvalue weighted by Gasteiger charge is 2.22. The fourth-order valence-electron chi connectivity index (χ4n) is 1.82. The molecule has 102 valence electrons. The van der Waals surface area contributed by atoms with Crippen molar-refractivity contribution in [2.45, 2.75) is 0 Å². The highest BCUT2D eigenvalue weighted by Crippen LogP contribution is 2.22. The summed E-state index contributed by atoms with van der Waals surface area (Å²) >= 11 is 11.6. The van der Waals surface area contributed by atoms with Gasteiger partial charge in [0, 0.05) is 6.20 Å². The minimum absolute atomic E-state index is 0.0447. The number of amides is 2. The van der Waals surface area contributed by atoms with E-state index in [0.717, 1.165) is 11.4 Å². The number of carbonyl (C=O) groups is 2. The van der Waals surface area contributed by atoms with Crippen molar-refractivity contribution in [2.75, 3.05) is 31.5 Å². The van der Waals surface area contributed by atoms with Crippen LogP contribution in [0.1, 0.15) is 0 Å². The molecule has 19 heavy (non-hydrogen) atoms. The Kier molecular flexibility index (Phi) is 4.57. The number of hydrogen-bond donors (Lipinski definition) is 3. The molecule has 0 bridgehead atoms. The average Bonchev–Trinajstić information content (AvgIpc) is 2.33. The monoisotopic (exact) mass is 303 g/mol. The van der Waals surface area contributed by atoms with Crippen LogP contribution < -0.4 is 15.5 Å². The summed E-state index contributed by atoms with van der Waals surface area (Å²) in [6, 6.07) is 1.51. The molecule has 2 amide bonds. The summed E-state index contributed by atoms with van der Waals surface area (Å²) in [6.07, 6.45) is 1.41. The third-order valence-electron chi connectivity index (χ3n) is 2.69. The zero-order valence-corrected chi connectivity index (χ0v) is 11.5. The minimum Gasteiger partial charge on any atom is -0.346 e. The lowest BCUT2D eigenvalue weighted by molar-refractivity contribution is -0.885. The Balaban J connectivity index is 1.92. The second-order valence-electron chi connectivity index (χ2n) is 4.24. The number of nitrogens with zero attached hydrogens (tertiary/aromatic N) is 1. The van der Waals surface area contributed by atoms with Gasteiger partial charge in [0.1, 0.15) is 0 Å². The van der Waals surface area contributed by atoms with E-state index in [9.17, 15) is 9.59 Å². The standard InChI is InChI=1S/C11H12Cl2N4O2/c12-7-3-8(13)11(15-4-7)16-10(19)6-17-2-1-14-9(18)5-17/h3-4H,1-2,5-6H2,(H,14,18)(H,15,16,19)/p+1. The van der Waals surface area contributed by atoms with Gasteiger partial charge in [-0.15, -0.1) is 0 Å². The number of anilines is 1. The van der Waals surface area contributed by atoms with Crippen LogP contribution in [0.15, 0.2) is 12.3 Å². The highest BCUT2D eigenvalue weighted by molar-refractivity contribution is 6.36. The molecule has 1 aliphatic heterocycles. The van der Waals surface area contributed by atoms with E-state index in [1.54, 1.807) is 0 Å². The van der Waals surface area contributed by atoms with E-state index in [1.165, 1.54) is 12.3 Å². The highest BCUT2D eigenvalue weighted by atomic mass is 35.5. The van der Waals surface area contributed by atoms with Crippen LogP contribution in [0.3, 0.4) is 0 Å². The van der Waals surface area contributed by atoms with E-state index in [1.807, 2.05) is 0 Å². The van der Waals surface area contributed by atoms with E-state index < -0.39 is 0 Å². The predicted octanol–water partition coefficient (Wildman–Crippen LogP) is -0.658. The largest absolute Gasteiger partial charge is 0.346 e. The Morgan fingerprint density at radius 3 is 3.00 bits per heavy atom. The van der Waals surface area contributed by atoms with Gasteiger partial charge in [-0.25, -0.2) is 4.98 Å². The summed E-state index contributed by atoms with van der Waals surface area (Å²) in [5.74, 6) is -0.00458. The van der Waals surface area contributed by atoms with Crippen LogP contribution in [0.4, 0.5) is 5.82 Å². The number of quaternary nitrogens is 1. The molecule has 6 nitrogen and oxygen atoms in total. The van der Waals surface area contributed by atoms with Crippen LogP contribution in [0.2, 0.25) is 10.0 Å². The Labute approximate surface area is 120 Å². The fourth-order valence-corrected chi connectivity index (χ4v) is 2.24. The molecule has 1 aliphatic rings.